The maximum Gasteiger partial charge on any atom is 0.177 e. The highest BCUT2D eigenvalue weighted by Crippen LogP contribution is 2.30. The predicted octanol–water partition coefficient (Wildman–Crippen LogP) is 3.39. The molecule has 0 aliphatic carbocycles. The number of ketones is 1. The Morgan fingerprint density at radius 3 is 2.69 bits per heavy atom. The Bertz CT molecular complexity index is 352. The molecule has 0 unspecified atom stereocenters. The molecular weight excluding hydrogens is 323 g/mol. The third-order valence-electron chi connectivity index (χ3n) is 1.46. The molecule has 5 heteroatoms. The Morgan fingerprint density at radius 1 is 1.54 bits per heavy atom. The Labute approximate surface area is 97.2 Å². The summed E-state index contributed by atoms with van der Waals surface area (Å²) in [6, 6.07) is 2.84. The molecule has 1 aromatic rings. The molecule has 0 heterocycles. The van der Waals surface area contributed by atoms with Crippen LogP contribution in [-0.2, 0) is 0 Å². The zero-order valence-electron chi connectivity index (χ0n) is 6.35. The maximum atomic E-state index is 11.2. The summed E-state index contributed by atoms with van der Waals surface area (Å²) in [5.41, 5.74) is 0.227. The molecule has 0 amide bonds. The van der Waals surface area contributed by atoms with Gasteiger partial charge in [0.15, 0.2) is 5.78 Å². The fourth-order valence-electron chi connectivity index (χ4n) is 0.832. The van der Waals surface area contributed by atoms with E-state index in [1.807, 2.05) is 0 Å². The van der Waals surface area contributed by atoms with Crippen molar-refractivity contribution >= 4 is 49.2 Å². The fraction of sp³-hybridized carbons (Fsp3) is 0.125. The van der Waals surface area contributed by atoms with Gasteiger partial charge in [0.1, 0.15) is 5.75 Å². The third kappa shape index (κ3) is 2.45. The van der Waals surface area contributed by atoms with Crippen molar-refractivity contribution in [1.82, 2.24) is 0 Å². The van der Waals surface area contributed by atoms with Crippen LogP contribution in [0.5, 0.6) is 5.75 Å². The summed E-state index contributed by atoms with van der Waals surface area (Å²) < 4.78 is 0.567. The number of hydrogen-bond acceptors (Lipinski definition) is 2. The van der Waals surface area contributed by atoms with Gasteiger partial charge in [0, 0.05) is 4.47 Å². The van der Waals surface area contributed by atoms with Crippen LogP contribution in [0, 0.1) is 0 Å². The molecule has 0 fully saturated rings. The van der Waals surface area contributed by atoms with Gasteiger partial charge in [-0.3, -0.25) is 4.79 Å². The van der Waals surface area contributed by atoms with Crippen molar-refractivity contribution < 1.29 is 9.90 Å². The maximum absolute atomic E-state index is 11.2. The minimum Gasteiger partial charge on any atom is -0.507 e. The zero-order valence-corrected chi connectivity index (χ0v) is 10.3. The van der Waals surface area contributed by atoms with Gasteiger partial charge < -0.3 is 5.11 Å². The number of Topliss-reactive ketones (excluding diaryl/α,β-unsaturated/α-hetero) is 1. The van der Waals surface area contributed by atoms with E-state index in [0.29, 0.717) is 9.50 Å². The second kappa shape index (κ2) is 4.44. The van der Waals surface area contributed by atoms with Crippen molar-refractivity contribution in [2.24, 2.45) is 0 Å². The third-order valence-corrected chi connectivity index (χ3v) is 3.17. The Hall–Kier alpha value is -0.0600. The highest BCUT2D eigenvalue weighted by molar-refractivity contribution is 9.10. The number of hydrogen-bond donors (Lipinski definition) is 1. The van der Waals surface area contributed by atoms with Crippen LogP contribution in [-0.4, -0.2) is 16.2 Å². The average molecular weight is 328 g/mol. The second-order valence-corrected chi connectivity index (χ2v) is 4.16. The van der Waals surface area contributed by atoms with E-state index in [2.05, 4.69) is 31.9 Å². The van der Waals surface area contributed by atoms with Crippen LogP contribution < -0.4 is 0 Å². The Morgan fingerprint density at radius 2 is 2.15 bits per heavy atom. The van der Waals surface area contributed by atoms with E-state index in [-0.39, 0.29) is 22.4 Å². The molecule has 0 spiro atoms. The van der Waals surface area contributed by atoms with Crippen LogP contribution in [0.1, 0.15) is 10.4 Å². The number of alkyl halides is 1. The van der Waals surface area contributed by atoms with E-state index < -0.39 is 0 Å². The van der Waals surface area contributed by atoms with Crippen LogP contribution in [0.15, 0.2) is 16.6 Å². The van der Waals surface area contributed by atoms with Crippen molar-refractivity contribution in [2.45, 2.75) is 0 Å². The van der Waals surface area contributed by atoms with Gasteiger partial charge in [-0.2, -0.15) is 0 Å². The summed E-state index contributed by atoms with van der Waals surface area (Å²) in [6.07, 6.45) is 0. The molecule has 0 atom stereocenters. The van der Waals surface area contributed by atoms with Crippen molar-refractivity contribution in [1.29, 1.82) is 0 Å². The van der Waals surface area contributed by atoms with Gasteiger partial charge in [-0.05, 0) is 28.1 Å². The summed E-state index contributed by atoms with van der Waals surface area (Å²) in [4.78, 5) is 11.2. The first kappa shape index (κ1) is 11.0. The molecule has 0 saturated heterocycles. The number of phenols is 1. The van der Waals surface area contributed by atoms with Gasteiger partial charge in [0.25, 0.3) is 0 Å². The summed E-state index contributed by atoms with van der Waals surface area (Å²) in [6.45, 7) is 0. The fourth-order valence-corrected chi connectivity index (χ4v) is 1.63. The van der Waals surface area contributed by atoms with Gasteiger partial charge >= 0.3 is 0 Å². The van der Waals surface area contributed by atoms with E-state index >= 15 is 0 Å². The smallest absolute Gasteiger partial charge is 0.177 e. The van der Waals surface area contributed by atoms with Gasteiger partial charge in [0.05, 0.1) is 15.9 Å². The summed E-state index contributed by atoms with van der Waals surface area (Å²) in [5, 5.41) is 9.96. The van der Waals surface area contributed by atoms with E-state index in [4.69, 9.17) is 11.6 Å². The van der Waals surface area contributed by atoms with E-state index in [9.17, 15) is 9.90 Å². The number of rotatable bonds is 2. The predicted molar refractivity (Wildman–Crippen MR) is 58.9 cm³/mol. The monoisotopic (exact) mass is 326 g/mol. The summed E-state index contributed by atoms with van der Waals surface area (Å²) in [7, 11) is 0. The lowest BCUT2D eigenvalue weighted by atomic mass is 10.1. The van der Waals surface area contributed by atoms with Crippen molar-refractivity contribution in [2.75, 3.05) is 5.33 Å². The number of aromatic hydroxyl groups is 1. The highest BCUT2D eigenvalue weighted by Gasteiger charge is 2.12. The zero-order chi connectivity index (χ0) is 10.0. The van der Waals surface area contributed by atoms with E-state index in [1.54, 1.807) is 0 Å². The summed E-state index contributed by atoms with van der Waals surface area (Å²) in [5.74, 6) is -0.271. The molecule has 0 bridgehead atoms. The van der Waals surface area contributed by atoms with Crippen molar-refractivity contribution in [3.8, 4) is 5.75 Å². The molecule has 13 heavy (non-hydrogen) atoms. The molecule has 0 aromatic heterocycles. The van der Waals surface area contributed by atoms with E-state index in [1.165, 1.54) is 12.1 Å². The van der Waals surface area contributed by atoms with Gasteiger partial charge in [-0.15, -0.1) is 0 Å². The lowest BCUT2D eigenvalue weighted by Crippen LogP contribution is -2.00. The van der Waals surface area contributed by atoms with Gasteiger partial charge in [-0.25, -0.2) is 0 Å². The molecule has 70 valence electrons. The normalized spacial score (nSPS) is 10.1. The molecule has 1 N–H and O–H groups in total. The lowest BCUT2D eigenvalue weighted by Gasteiger charge is -2.03. The first-order valence-corrected chi connectivity index (χ1v) is 5.62. The van der Waals surface area contributed by atoms with Crippen LogP contribution in [0.2, 0.25) is 5.02 Å². The molecule has 0 aliphatic heterocycles. The molecular formula is C8H5Br2ClO2. The SMILES string of the molecule is O=C(CBr)c1cc(Cl)c(Br)cc1O. The molecule has 1 rings (SSSR count). The van der Waals surface area contributed by atoms with Crippen LogP contribution in [0.4, 0.5) is 0 Å². The van der Waals surface area contributed by atoms with Crippen LogP contribution in [0.3, 0.4) is 0 Å². The number of carbonyl (C=O) groups is 1. The molecule has 2 nitrogen and oxygen atoms in total. The topological polar surface area (TPSA) is 37.3 Å². The Kier molecular flexibility index (Phi) is 3.76. The average Bonchev–Trinajstić information content (AvgIpc) is 2.10. The summed E-state index contributed by atoms with van der Waals surface area (Å²) >= 11 is 11.9. The molecule has 0 radical (unpaired) electrons. The lowest BCUT2D eigenvalue weighted by molar-refractivity contribution is 0.102. The number of phenolic OH excluding ortho intramolecular Hbond substituents is 1. The first-order valence-electron chi connectivity index (χ1n) is 3.33. The standard InChI is InChI=1S/C8H5Br2ClO2/c9-3-8(13)4-1-6(11)5(10)2-7(4)12/h1-2,12H,3H2. The number of halogens is 3. The number of benzene rings is 1. The number of carbonyl (C=O) groups excluding carboxylic acids is 1. The second-order valence-electron chi connectivity index (χ2n) is 2.34. The van der Waals surface area contributed by atoms with Crippen LogP contribution in [0.25, 0.3) is 0 Å². The first-order chi connectivity index (χ1) is 6.06. The minimum absolute atomic E-state index is 0.0688. The van der Waals surface area contributed by atoms with Crippen LogP contribution >= 0.6 is 43.5 Å². The van der Waals surface area contributed by atoms with Gasteiger partial charge in [-0.1, -0.05) is 27.5 Å². The van der Waals surface area contributed by atoms with E-state index in [0.717, 1.165) is 0 Å². The molecule has 0 aliphatic rings. The Balaban J connectivity index is 3.23. The molecule has 0 saturated carbocycles. The quantitative estimate of drug-likeness (QED) is 0.667. The van der Waals surface area contributed by atoms with Crippen molar-refractivity contribution in [3.63, 3.8) is 0 Å². The van der Waals surface area contributed by atoms with Gasteiger partial charge in [0.2, 0.25) is 0 Å². The largest absolute Gasteiger partial charge is 0.507 e. The van der Waals surface area contributed by atoms with Crippen molar-refractivity contribution in [3.05, 3.63) is 27.2 Å². The highest BCUT2D eigenvalue weighted by atomic mass is 79.9. The molecule has 1 aromatic carbocycles. The minimum atomic E-state index is -0.202.